The van der Waals surface area contributed by atoms with Gasteiger partial charge in [-0.1, -0.05) is 18.7 Å². The van der Waals surface area contributed by atoms with Gasteiger partial charge in [0.1, 0.15) is 23.0 Å². The van der Waals surface area contributed by atoms with Gasteiger partial charge in [0.15, 0.2) is 5.60 Å². The molecule has 0 amide bonds. The predicted octanol–water partition coefficient (Wildman–Crippen LogP) is 3.75. The zero-order valence-corrected chi connectivity index (χ0v) is 13.8. The summed E-state index contributed by atoms with van der Waals surface area (Å²) in [5.41, 5.74) is 1.07. The average molecular weight is 348 g/mol. The second kappa shape index (κ2) is 4.91. The molecule has 5 heteroatoms. The van der Waals surface area contributed by atoms with Crippen molar-refractivity contribution in [1.29, 1.82) is 0 Å². The highest BCUT2D eigenvalue weighted by molar-refractivity contribution is 5.83. The number of hydrogen-bond acceptors (Lipinski definition) is 5. The molecule has 2 aromatic carbocycles. The quantitative estimate of drug-likeness (QED) is 0.709. The molecule has 1 saturated heterocycles. The lowest BCUT2D eigenvalue weighted by molar-refractivity contribution is -0.148. The van der Waals surface area contributed by atoms with E-state index in [9.17, 15) is 15.0 Å². The van der Waals surface area contributed by atoms with E-state index in [1.54, 1.807) is 24.3 Å². The number of carbonyl (C=O) groups excluding carboxylic acids is 1. The predicted molar refractivity (Wildman–Crippen MR) is 93.0 cm³/mol. The number of fused-ring (bicyclic) bond motifs is 6. The van der Waals surface area contributed by atoms with Crippen LogP contribution in [0, 0.1) is 11.8 Å². The Morgan fingerprint density at radius 1 is 1.04 bits per heavy atom. The Labute approximate surface area is 149 Å². The Morgan fingerprint density at radius 2 is 1.65 bits per heavy atom. The molecule has 130 valence electrons. The molecule has 2 heterocycles. The van der Waals surface area contributed by atoms with Gasteiger partial charge >= 0.3 is 5.97 Å². The van der Waals surface area contributed by atoms with Crippen LogP contribution in [-0.2, 0) is 15.1 Å². The standard InChI is InChI=1S/C21H16O5/c1-11-3-2-4-16-19(11)20(24)26-21(16)14-7-5-12(22)9-17(14)25-18-10-13(23)6-8-15(18)21/h2-3,5-10,16,19,22-23H,1,4H2. The fraction of sp³-hybridized carbons (Fsp3) is 0.190. The SMILES string of the molecule is C=C1C=CCC2C1C(=O)OC21c2ccc(O)cc2Oc2cc(O)ccc21. The molecule has 5 nitrogen and oxygen atoms in total. The van der Waals surface area contributed by atoms with Gasteiger partial charge in [-0.25, -0.2) is 0 Å². The van der Waals surface area contributed by atoms with Crippen molar-refractivity contribution >= 4 is 5.97 Å². The molecule has 2 unspecified atom stereocenters. The Hall–Kier alpha value is -3.21. The molecule has 3 aliphatic rings. The Kier molecular flexibility index (Phi) is 2.85. The van der Waals surface area contributed by atoms with Crippen LogP contribution < -0.4 is 4.74 Å². The van der Waals surface area contributed by atoms with Crippen molar-refractivity contribution in [3.63, 3.8) is 0 Å². The van der Waals surface area contributed by atoms with Crippen LogP contribution in [0.1, 0.15) is 17.5 Å². The number of ether oxygens (including phenoxy) is 2. The van der Waals surface area contributed by atoms with Crippen LogP contribution >= 0.6 is 0 Å². The fourth-order valence-electron chi connectivity index (χ4n) is 4.46. The smallest absolute Gasteiger partial charge is 0.315 e. The molecule has 2 aromatic rings. The van der Waals surface area contributed by atoms with Crippen LogP contribution in [0.5, 0.6) is 23.0 Å². The van der Waals surface area contributed by atoms with E-state index in [2.05, 4.69) is 6.58 Å². The molecule has 26 heavy (non-hydrogen) atoms. The van der Waals surface area contributed by atoms with Crippen molar-refractivity contribution in [2.75, 3.05) is 0 Å². The summed E-state index contributed by atoms with van der Waals surface area (Å²) in [7, 11) is 0. The van der Waals surface area contributed by atoms with Gasteiger partial charge in [0.05, 0.1) is 5.92 Å². The molecule has 0 bridgehead atoms. The van der Waals surface area contributed by atoms with Crippen molar-refractivity contribution < 1.29 is 24.5 Å². The lowest BCUT2D eigenvalue weighted by atomic mass is 9.67. The van der Waals surface area contributed by atoms with Crippen LogP contribution in [0.25, 0.3) is 0 Å². The molecule has 0 aromatic heterocycles. The van der Waals surface area contributed by atoms with Crippen LogP contribution in [0.15, 0.2) is 60.7 Å². The first-order chi connectivity index (χ1) is 12.5. The zero-order valence-electron chi connectivity index (χ0n) is 13.8. The molecule has 1 spiro atoms. The van der Waals surface area contributed by atoms with E-state index in [0.29, 0.717) is 29.0 Å². The first-order valence-corrected chi connectivity index (χ1v) is 8.44. The van der Waals surface area contributed by atoms with E-state index < -0.39 is 11.5 Å². The normalized spacial score (nSPS) is 24.5. The highest BCUT2D eigenvalue weighted by Gasteiger charge is 2.61. The fourth-order valence-corrected chi connectivity index (χ4v) is 4.46. The number of esters is 1. The number of carbonyl (C=O) groups is 1. The highest BCUT2D eigenvalue weighted by Crippen LogP contribution is 2.61. The molecule has 5 rings (SSSR count). The second-order valence-corrected chi connectivity index (χ2v) is 6.92. The number of benzene rings is 2. The second-order valence-electron chi connectivity index (χ2n) is 6.92. The van der Waals surface area contributed by atoms with Gasteiger partial charge in [0.2, 0.25) is 0 Å². The maximum absolute atomic E-state index is 12.8. The van der Waals surface area contributed by atoms with Crippen molar-refractivity contribution in [2.24, 2.45) is 11.8 Å². The van der Waals surface area contributed by atoms with Gasteiger partial charge < -0.3 is 19.7 Å². The number of phenolic OH excluding ortho intramolecular Hbond substituents is 2. The van der Waals surface area contributed by atoms with Gasteiger partial charge in [-0.2, -0.15) is 0 Å². The summed E-state index contributed by atoms with van der Waals surface area (Å²) in [5, 5.41) is 19.8. The molecular weight excluding hydrogens is 332 g/mol. The van der Waals surface area contributed by atoms with E-state index in [1.807, 2.05) is 12.2 Å². The zero-order chi connectivity index (χ0) is 18.1. The molecule has 1 fully saturated rings. The van der Waals surface area contributed by atoms with Gasteiger partial charge in [-0.05, 0) is 36.3 Å². The molecule has 0 saturated carbocycles. The van der Waals surface area contributed by atoms with E-state index >= 15 is 0 Å². The summed E-state index contributed by atoms with van der Waals surface area (Å²) in [4.78, 5) is 12.8. The first-order valence-electron chi connectivity index (χ1n) is 8.44. The monoisotopic (exact) mass is 348 g/mol. The number of phenols is 2. The van der Waals surface area contributed by atoms with Gasteiger partial charge in [0, 0.05) is 29.2 Å². The van der Waals surface area contributed by atoms with Crippen molar-refractivity contribution in [3.05, 3.63) is 71.8 Å². The summed E-state index contributed by atoms with van der Waals surface area (Å²) < 4.78 is 12.0. The summed E-state index contributed by atoms with van der Waals surface area (Å²) in [5.74, 6) is 0.00905. The number of rotatable bonds is 0. The minimum atomic E-state index is -1.04. The maximum Gasteiger partial charge on any atom is 0.315 e. The Bertz CT molecular complexity index is 952. The average Bonchev–Trinajstić information content (AvgIpc) is 2.89. The van der Waals surface area contributed by atoms with Crippen LogP contribution in [-0.4, -0.2) is 16.2 Å². The molecule has 2 N–H and O–H groups in total. The van der Waals surface area contributed by atoms with Crippen molar-refractivity contribution in [1.82, 2.24) is 0 Å². The van der Waals surface area contributed by atoms with E-state index in [4.69, 9.17) is 9.47 Å². The molecule has 2 aliphatic heterocycles. The maximum atomic E-state index is 12.8. The summed E-state index contributed by atoms with van der Waals surface area (Å²) in [6.45, 7) is 4.03. The van der Waals surface area contributed by atoms with E-state index in [-0.39, 0.29) is 23.4 Å². The molecule has 1 aliphatic carbocycles. The van der Waals surface area contributed by atoms with Crippen molar-refractivity contribution in [3.8, 4) is 23.0 Å². The van der Waals surface area contributed by atoms with Crippen LogP contribution in [0.3, 0.4) is 0 Å². The minimum absolute atomic E-state index is 0.0522. The number of aromatic hydroxyl groups is 2. The topological polar surface area (TPSA) is 76.0 Å². The highest BCUT2D eigenvalue weighted by atomic mass is 16.6. The Balaban J connectivity index is 1.83. The largest absolute Gasteiger partial charge is 0.508 e. The summed E-state index contributed by atoms with van der Waals surface area (Å²) >= 11 is 0. The van der Waals surface area contributed by atoms with Gasteiger partial charge in [0.25, 0.3) is 0 Å². The van der Waals surface area contributed by atoms with Crippen LogP contribution in [0.2, 0.25) is 0 Å². The lowest BCUT2D eigenvalue weighted by Gasteiger charge is -2.40. The summed E-state index contributed by atoms with van der Waals surface area (Å²) in [6.07, 6.45) is 4.52. The first kappa shape index (κ1) is 15.1. The van der Waals surface area contributed by atoms with E-state index in [0.717, 1.165) is 5.57 Å². The lowest BCUT2D eigenvalue weighted by Crippen LogP contribution is -2.38. The minimum Gasteiger partial charge on any atom is -0.508 e. The third-order valence-corrected chi connectivity index (χ3v) is 5.51. The Morgan fingerprint density at radius 3 is 2.27 bits per heavy atom. The van der Waals surface area contributed by atoms with Gasteiger partial charge in [-0.15, -0.1) is 0 Å². The molecule has 0 radical (unpaired) electrons. The summed E-state index contributed by atoms with van der Waals surface area (Å²) in [6, 6.07) is 9.58. The molecule has 2 atom stereocenters. The third kappa shape index (κ3) is 1.77. The van der Waals surface area contributed by atoms with Gasteiger partial charge in [-0.3, -0.25) is 4.79 Å². The third-order valence-electron chi connectivity index (χ3n) is 5.51. The van der Waals surface area contributed by atoms with Crippen LogP contribution in [0.4, 0.5) is 0 Å². The number of hydrogen-bond donors (Lipinski definition) is 2. The van der Waals surface area contributed by atoms with E-state index in [1.165, 1.54) is 12.1 Å². The number of allylic oxidation sites excluding steroid dienone is 2. The van der Waals surface area contributed by atoms with Crippen molar-refractivity contribution in [2.45, 2.75) is 12.0 Å². The molecular formula is C21H16O5.